The van der Waals surface area contributed by atoms with Crippen molar-refractivity contribution in [1.82, 2.24) is 4.90 Å². The molecule has 3 fully saturated rings. The van der Waals surface area contributed by atoms with Gasteiger partial charge in [-0.3, -0.25) is 4.90 Å². The van der Waals surface area contributed by atoms with Crippen LogP contribution in [-0.2, 0) is 9.47 Å². The normalized spacial score (nSPS) is 50.6. The Balaban J connectivity index is 1.91. The minimum absolute atomic E-state index is 0.0243. The molecule has 0 bridgehead atoms. The summed E-state index contributed by atoms with van der Waals surface area (Å²) in [6.45, 7) is 5.19. The van der Waals surface area contributed by atoms with E-state index in [0.29, 0.717) is 0 Å². The maximum absolute atomic E-state index is 10.6. The van der Waals surface area contributed by atoms with Crippen LogP contribution < -0.4 is 0 Å². The van der Waals surface area contributed by atoms with Crippen molar-refractivity contribution in [3.05, 3.63) is 0 Å². The van der Waals surface area contributed by atoms with Crippen LogP contribution in [0.5, 0.6) is 0 Å². The van der Waals surface area contributed by atoms with E-state index >= 15 is 0 Å². The average molecular weight is 229 g/mol. The third kappa shape index (κ3) is 1.29. The predicted molar refractivity (Wildman–Crippen MR) is 55.8 cm³/mol. The Bertz CT molecular complexity index is 308. The molecule has 5 heteroatoms. The lowest BCUT2D eigenvalue weighted by Gasteiger charge is -2.56. The third-order valence-corrected chi connectivity index (χ3v) is 4.05. The first-order valence-corrected chi connectivity index (χ1v) is 5.89. The summed E-state index contributed by atoms with van der Waals surface area (Å²) in [6, 6.07) is 0.0243. The maximum atomic E-state index is 10.6. The Hall–Kier alpha value is -0.200. The second-order valence-corrected chi connectivity index (χ2v) is 5.54. The first kappa shape index (κ1) is 10.9. The fourth-order valence-corrected chi connectivity index (χ4v) is 3.23. The van der Waals surface area contributed by atoms with Crippen LogP contribution >= 0.6 is 0 Å². The molecule has 0 saturated carbocycles. The van der Waals surface area contributed by atoms with Gasteiger partial charge in [-0.05, 0) is 20.3 Å². The van der Waals surface area contributed by atoms with Crippen LogP contribution in [0.1, 0.15) is 20.3 Å². The van der Waals surface area contributed by atoms with E-state index in [4.69, 9.17) is 9.47 Å². The summed E-state index contributed by atoms with van der Waals surface area (Å²) in [5.41, 5.74) is -1.17. The Morgan fingerprint density at radius 3 is 2.69 bits per heavy atom. The van der Waals surface area contributed by atoms with Crippen molar-refractivity contribution in [2.24, 2.45) is 0 Å². The van der Waals surface area contributed by atoms with Crippen LogP contribution in [0, 0.1) is 0 Å². The van der Waals surface area contributed by atoms with E-state index in [1.807, 2.05) is 13.8 Å². The van der Waals surface area contributed by atoms with Crippen molar-refractivity contribution in [1.29, 1.82) is 0 Å². The SMILES string of the molecule is CC1(C)O[C@H]2CN3CC[C@@H]3[C@](O)(CO)[C@@H]2O1. The summed E-state index contributed by atoms with van der Waals surface area (Å²) < 4.78 is 11.5. The second-order valence-electron chi connectivity index (χ2n) is 5.54. The second kappa shape index (κ2) is 3.17. The highest BCUT2D eigenvalue weighted by Gasteiger charge is 2.62. The van der Waals surface area contributed by atoms with Gasteiger partial charge in [0.2, 0.25) is 0 Å². The molecule has 0 spiro atoms. The lowest BCUT2D eigenvalue weighted by molar-refractivity contribution is -0.219. The van der Waals surface area contributed by atoms with Gasteiger partial charge >= 0.3 is 0 Å². The Morgan fingerprint density at radius 2 is 2.12 bits per heavy atom. The van der Waals surface area contributed by atoms with Gasteiger partial charge < -0.3 is 19.7 Å². The van der Waals surface area contributed by atoms with E-state index < -0.39 is 17.5 Å². The number of piperidine rings is 1. The molecule has 92 valence electrons. The van der Waals surface area contributed by atoms with Gasteiger partial charge in [-0.15, -0.1) is 0 Å². The molecule has 3 saturated heterocycles. The molecule has 0 aromatic rings. The summed E-state index contributed by atoms with van der Waals surface area (Å²) in [6.07, 6.45) is 0.377. The molecule has 0 radical (unpaired) electrons. The van der Waals surface area contributed by atoms with E-state index in [2.05, 4.69) is 4.90 Å². The van der Waals surface area contributed by atoms with E-state index in [1.54, 1.807) is 0 Å². The van der Waals surface area contributed by atoms with E-state index in [-0.39, 0.29) is 18.8 Å². The fourth-order valence-electron chi connectivity index (χ4n) is 3.23. The number of rotatable bonds is 1. The summed E-state index contributed by atoms with van der Waals surface area (Å²) in [5, 5.41) is 20.1. The third-order valence-electron chi connectivity index (χ3n) is 4.05. The highest BCUT2D eigenvalue weighted by Crippen LogP contribution is 2.44. The van der Waals surface area contributed by atoms with E-state index in [1.165, 1.54) is 0 Å². The van der Waals surface area contributed by atoms with Crippen LogP contribution in [0.2, 0.25) is 0 Å². The number of fused-ring (bicyclic) bond motifs is 2. The number of hydrogen-bond acceptors (Lipinski definition) is 5. The van der Waals surface area contributed by atoms with Gasteiger partial charge in [-0.1, -0.05) is 0 Å². The van der Waals surface area contributed by atoms with Gasteiger partial charge in [0.15, 0.2) is 5.79 Å². The Morgan fingerprint density at radius 1 is 1.38 bits per heavy atom. The molecule has 16 heavy (non-hydrogen) atoms. The smallest absolute Gasteiger partial charge is 0.163 e. The van der Waals surface area contributed by atoms with Crippen molar-refractivity contribution >= 4 is 0 Å². The van der Waals surface area contributed by atoms with Crippen molar-refractivity contribution < 1.29 is 19.7 Å². The molecule has 3 heterocycles. The van der Waals surface area contributed by atoms with Crippen molar-refractivity contribution in [2.75, 3.05) is 19.7 Å². The summed E-state index contributed by atoms with van der Waals surface area (Å²) in [4.78, 5) is 2.17. The van der Waals surface area contributed by atoms with Gasteiger partial charge in [0, 0.05) is 19.1 Å². The molecule has 0 unspecified atom stereocenters. The lowest BCUT2D eigenvalue weighted by atomic mass is 9.75. The summed E-state index contributed by atoms with van der Waals surface area (Å²) >= 11 is 0. The highest BCUT2D eigenvalue weighted by molar-refractivity contribution is 5.12. The van der Waals surface area contributed by atoms with Crippen LogP contribution in [0.4, 0.5) is 0 Å². The number of aliphatic hydroxyl groups excluding tert-OH is 1. The van der Waals surface area contributed by atoms with Gasteiger partial charge in [0.05, 0.1) is 6.61 Å². The molecule has 5 nitrogen and oxygen atoms in total. The molecule has 0 aromatic carbocycles. The van der Waals surface area contributed by atoms with Crippen LogP contribution in [0.25, 0.3) is 0 Å². The largest absolute Gasteiger partial charge is 0.393 e. The Labute approximate surface area is 94.9 Å². The molecule has 2 N–H and O–H groups in total. The minimum Gasteiger partial charge on any atom is -0.393 e. The lowest BCUT2D eigenvalue weighted by Crippen LogP contribution is -2.74. The van der Waals surface area contributed by atoms with Crippen molar-refractivity contribution in [3.8, 4) is 0 Å². The quantitative estimate of drug-likeness (QED) is 0.623. The van der Waals surface area contributed by atoms with Crippen LogP contribution in [-0.4, -0.2) is 64.4 Å². The maximum Gasteiger partial charge on any atom is 0.163 e. The van der Waals surface area contributed by atoms with Crippen molar-refractivity contribution in [3.63, 3.8) is 0 Å². The summed E-state index contributed by atoms with van der Waals surface area (Å²) in [7, 11) is 0. The molecule has 0 amide bonds. The summed E-state index contributed by atoms with van der Waals surface area (Å²) in [5.74, 6) is -0.663. The molecule has 3 aliphatic heterocycles. The highest BCUT2D eigenvalue weighted by atomic mass is 16.8. The standard InChI is InChI=1S/C11H19NO4/c1-10(2)15-7-5-12-4-3-8(12)11(14,6-13)9(7)16-10/h7-9,13-14H,3-6H2,1-2H3/t7-,8+,9+,11+/m0/s1. The monoisotopic (exact) mass is 229 g/mol. The molecule has 0 aliphatic carbocycles. The van der Waals surface area contributed by atoms with Gasteiger partial charge in [0.25, 0.3) is 0 Å². The van der Waals surface area contributed by atoms with Gasteiger partial charge in [0.1, 0.15) is 17.8 Å². The molecular weight excluding hydrogens is 210 g/mol. The number of hydrogen-bond donors (Lipinski definition) is 2. The van der Waals surface area contributed by atoms with Gasteiger partial charge in [-0.25, -0.2) is 0 Å². The molecule has 4 atom stereocenters. The molecule has 0 aromatic heterocycles. The molecular formula is C11H19NO4. The zero-order chi connectivity index (χ0) is 11.6. The van der Waals surface area contributed by atoms with Gasteiger partial charge in [-0.2, -0.15) is 0 Å². The Kier molecular flexibility index (Phi) is 2.17. The van der Waals surface area contributed by atoms with Crippen molar-refractivity contribution in [2.45, 2.75) is 49.9 Å². The zero-order valence-electron chi connectivity index (χ0n) is 9.72. The molecule has 3 aliphatic rings. The number of nitrogens with zero attached hydrogens (tertiary/aromatic N) is 1. The first-order chi connectivity index (χ1) is 7.46. The number of ether oxygens (including phenoxy) is 2. The van der Waals surface area contributed by atoms with E-state index in [9.17, 15) is 10.2 Å². The average Bonchev–Trinajstić information content (AvgIpc) is 2.47. The van der Waals surface area contributed by atoms with Crippen LogP contribution in [0.15, 0.2) is 0 Å². The van der Waals surface area contributed by atoms with E-state index in [0.717, 1.165) is 19.5 Å². The topological polar surface area (TPSA) is 62.2 Å². The predicted octanol–water partition coefficient (Wildman–Crippen LogP) is -0.682. The number of aliphatic hydroxyl groups is 2. The minimum atomic E-state index is -1.17. The fraction of sp³-hybridized carbons (Fsp3) is 1.00. The van der Waals surface area contributed by atoms with Crippen LogP contribution in [0.3, 0.4) is 0 Å². The first-order valence-electron chi connectivity index (χ1n) is 5.89. The zero-order valence-corrected chi connectivity index (χ0v) is 9.72. The molecule has 3 rings (SSSR count).